The van der Waals surface area contributed by atoms with Gasteiger partial charge in [-0.15, -0.1) is 0 Å². The van der Waals surface area contributed by atoms with Crippen LogP contribution in [0.25, 0.3) is 109 Å². The van der Waals surface area contributed by atoms with Crippen LogP contribution in [0.15, 0.2) is 218 Å². The van der Waals surface area contributed by atoms with E-state index in [-0.39, 0.29) is 0 Å². The zero-order chi connectivity index (χ0) is 37.0. The van der Waals surface area contributed by atoms with Crippen LogP contribution in [0.1, 0.15) is 0 Å². The molecule has 11 aromatic rings. The van der Waals surface area contributed by atoms with Gasteiger partial charge in [0.15, 0.2) is 0 Å². The Morgan fingerprint density at radius 3 is 1.23 bits per heavy atom. The molecule has 0 aliphatic rings. The van der Waals surface area contributed by atoms with Crippen LogP contribution < -0.4 is 0 Å². The lowest BCUT2D eigenvalue weighted by Crippen LogP contribution is -1.91. The van der Waals surface area contributed by atoms with Gasteiger partial charge < -0.3 is 0 Å². The molecule has 0 aromatic heterocycles. The molecule has 0 heterocycles. The second-order valence-electron chi connectivity index (χ2n) is 14.8. The highest BCUT2D eigenvalue weighted by atomic mass is 14.2. The summed E-state index contributed by atoms with van der Waals surface area (Å²) in [6.45, 7) is 0. The third-order valence-electron chi connectivity index (χ3n) is 11.6. The van der Waals surface area contributed by atoms with E-state index >= 15 is 0 Å². The van der Waals surface area contributed by atoms with Crippen molar-refractivity contribution >= 4 is 53.9 Å². The first-order valence-corrected chi connectivity index (χ1v) is 19.4. The fourth-order valence-corrected chi connectivity index (χ4v) is 8.93. The van der Waals surface area contributed by atoms with Crippen molar-refractivity contribution in [2.75, 3.05) is 0 Å². The summed E-state index contributed by atoms with van der Waals surface area (Å²) in [6, 6.07) is 80.3. The van der Waals surface area contributed by atoms with E-state index < -0.39 is 0 Å². The molecule has 56 heavy (non-hydrogen) atoms. The van der Waals surface area contributed by atoms with E-state index in [2.05, 4.69) is 218 Å². The Bertz CT molecular complexity index is 3200. The monoisotopic (exact) mass is 708 g/mol. The highest BCUT2D eigenvalue weighted by Gasteiger charge is 2.17. The van der Waals surface area contributed by atoms with Gasteiger partial charge in [-0.25, -0.2) is 0 Å². The third kappa shape index (κ3) is 5.38. The molecule has 0 N–H and O–H groups in total. The summed E-state index contributed by atoms with van der Waals surface area (Å²) in [6.07, 6.45) is 0. The molecule has 11 aromatic carbocycles. The minimum absolute atomic E-state index is 1.21. The molecule has 0 bridgehead atoms. The maximum atomic E-state index is 2.39. The highest BCUT2D eigenvalue weighted by molar-refractivity contribution is 6.22. The van der Waals surface area contributed by atoms with E-state index in [0.717, 1.165) is 0 Å². The Kier molecular flexibility index (Phi) is 7.60. The lowest BCUT2D eigenvalue weighted by atomic mass is 9.85. The maximum absolute atomic E-state index is 2.39. The third-order valence-corrected chi connectivity index (χ3v) is 11.6. The van der Waals surface area contributed by atoms with Gasteiger partial charge >= 0.3 is 0 Å². The molecule has 0 unspecified atom stereocenters. The van der Waals surface area contributed by atoms with Crippen molar-refractivity contribution < 1.29 is 0 Å². The standard InChI is InChI=1S/C56H36/c1-2-12-37(13-3-1)38-24-30-42(31-25-38)55-50-18-8-10-20-52(50)56(53-21-11-9-19-51(53)55)45-33-27-40-26-32-43(34-46(40)35-45)39-22-28-41(29-23-39)54-36-44-14-4-5-15-47(44)48-16-6-7-17-49(48)54/h1-36H. The van der Waals surface area contributed by atoms with Crippen LogP contribution >= 0.6 is 0 Å². The predicted molar refractivity (Wildman–Crippen MR) is 241 cm³/mol. The van der Waals surface area contributed by atoms with Crippen LogP contribution in [-0.4, -0.2) is 0 Å². The molecule has 0 aliphatic heterocycles. The summed E-state index contributed by atoms with van der Waals surface area (Å²) < 4.78 is 0. The van der Waals surface area contributed by atoms with E-state index in [1.54, 1.807) is 0 Å². The zero-order valence-electron chi connectivity index (χ0n) is 30.8. The molecule has 0 atom stereocenters. The number of benzene rings is 11. The zero-order valence-corrected chi connectivity index (χ0v) is 30.8. The molecule has 0 radical (unpaired) electrons. The summed E-state index contributed by atoms with van der Waals surface area (Å²) in [5.41, 5.74) is 12.4. The van der Waals surface area contributed by atoms with Gasteiger partial charge in [0.2, 0.25) is 0 Å². The van der Waals surface area contributed by atoms with E-state index in [9.17, 15) is 0 Å². The van der Waals surface area contributed by atoms with E-state index in [1.165, 1.54) is 109 Å². The molecule has 260 valence electrons. The first kappa shape index (κ1) is 32.2. The first-order chi connectivity index (χ1) is 27.8. The van der Waals surface area contributed by atoms with E-state index in [4.69, 9.17) is 0 Å². The van der Waals surface area contributed by atoms with Gasteiger partial charge in [-0.2, -0.15) is 0 Å². The van der Waals surface area contributed by atoms with Crippen LogP contribution in [0, 0.1) is 0 Å². The molecular formula is C56H36. The Labute approximate surface area is 326 Å². The van der Waals surface area contributed by atoms with Crippen LogP contribution in [0.2, 0.25) is 0 Å². The number of rotatable bonds is 5. The molecular weight excluding hydrogens is 673 g/mol. The van der Waals surface area contributed by atoms with Gasteiger partial charge in [0, 0.05) is 0 Å². The lowest BCUT2D eigenvalue weighted by molar-refractivity contribution is 1.61. The predicted octanol–water partition coefficient (Wildman–Crippen LogP) is 15.8. The molecule has 0 spiro atoms. The molecule has 0 fully saturated rings. The van der Waals surface area contributed by atoms with Crippen LogP contribution in [0.5, 0.6) is 0 Å². The number of hydrogen-bond acceptors (Lipinski definition) is 0. The molecule has 11 rings (SSSR count). The van der Waals surface area contributed by atoms with Crippen molar-refractivity contribution in [2.45, 2.75) is 0 Å². The Morgan fingerprint density at radius 1 is 0.179 bits per heavy atom. The van der Waals surface area contributed by atoms with E-state index in [0.29, 0.717) is 0 Å². The largest absolute Gasteiger partial charge is 0.0622 e. The van der Waals surface area contributed by atoms with Gasteiger partial charge in [0.05, 0.1) is 0 Å². The van der Waals surface area contributed by atoms with Crippen LogP contribution in [0.4, 0.5) is 0 Å². The molecule has 0 heteroatoms. The van der Waals surface area contributed by atoms with Crippen LogP contribution in [-0.2, 0) is 0 Å². The van der Waals surface area contributed by atoms with Crippen LogP contribution in [0.3, 0.4) is 0 Å². The fraction of sp³-hybridized carbons (Fsp3) is 0. The quantitative estimate of drug-likeness (QED) is 0.123. The lowest BCUT2D eigenvalue weighted by Gasteiger charge is -2.18. The summed E-state index contributed by atoms with van der Waals surface area (Å²) in [4.78, 5) is 0. The van der Waals surface area contributed by atoms with E-state index in [1.807, 2.05) is 0 Å². The van der Waals surface area contributed by atoms with Gasteiger partial charge in [0.25, 0.3) is 0 Å². The summed E-state index contributed by atoms with van der Waals surface area (Å²) >= 11 is 0. The van der Waals surface area contributed by atoms with Gasteiger partial charge in [-0.05, 0) is 128 Å². The van der Waals surface area contributed by atoms with Crippen molar-refractivity contribution in [3.8, 4) is 55.6 Å². The molecule has 0 aliphatic carbocycles. The number of fused-ring (bicyclic) bond motifs is 6. The minimum Gasteiger partial charge on any atom is -0.0622 e. The molecule has 0 nitrogen and oxygen atoms in total. The van der Waals surface area contributed by atoms with Crippen molar-refractivity contribution in [3.63, 3.8) is 0 Å². The second-order valence-corrected chi connectivity index (χ2v) is 14.8. The summed E-state index contributed by atoms with van der Waals surface area (Å²) in [5.74, 6) is 0. The minimum atomic E-state index is 1.21. The molecule has 0 saturated heterocycles. The smallest absolute Gasteiger partial charge is 0.00262 e. The van der Waals surface area contributed by atoms with Crippen molar-refractivity contribution in [2.24, 2.45) is 0 Å². The fourth-order valence-electron chi connectivity index (χ4n) is 8.93. The Hall–Kier alpha value is -7.28. The summed E-state index contributed by atoms with van der Waals surface area (Å²) in [5, 5.41) is 12.7. The van der Waals surface area contributed by atoms with Crippen molar-refractivity contribution in [1.29, 1.82) is 0 Å². The highest BCUT2D eigenvalue weighted by Crippen LogP contribution is 2.45. The second kappa shape index (κ2) is 13.2. The average molecular weight is 709 g/mol. The summed E-state index contributed by atoms with van der Waals surface area (Å²) in [7, 11) is 0. The van der Waals surface area contributed by atoms with Gasteiger partial charge in [-0.3, -0.25) is 0 Å². The average Bonchev–Trinajstić information content (AvgIpc) is 3.28. The van der Waals surface area contributed by atoms with Gasteiger partial charge in [-0.1, -0.05) is 200 Å². The normalized spacial score (nSPS) is 11.6. The van der Waals surface area contributed by atoms with Crippen molar-refractivity contribution in [3.05, 3.63) is 218 Å². The Morgan fingerprint density at radius 2 is 0.589 bits per heavy atom. The Balaban J connectivity index is 1.00. The van der Waals surface area contributed by atoms with Crippen molar-refractivity contribution in [1.82, 2.24) is 0 Å². The maximum Gasteiger partial charge on any atom is -0.00262 e. The molecule has 0 amide bonds. The SMILES string of the molecule is c1ccc(-c2ccc(-c3c4ccccc4c(-c4ccc5ccc(-c6ccc(-c7cc8ccccc8c8ccccc78)cc6)cc5c4)c4ccccc34)cc2)cc1. The van der Waals surface area contributed by atoms with Gasteiger partial charge in [0.1, 0.15) is 0 Å². The topological polar surface area (TPSA) is 0 Å². The molecule has 0 saturated carbocycles. The first-order valence-electron chi connectivity index (χ1n) is 19.4. The number of hydrogen-bond donors (Lipinski definition) is 0.